The van der Waals surface area contributed by atoms with Crippen LogP contribution in [0.4, 0.5) is 0 Å². The van der Waals surface area contributed by atoms with E-state index in [1.54, 1.807) is 5.57 Å². The molecule has 2 aromatic rings. The summed E-state index contributed by atoms with van der Waals surface area (Å²) >= 11 is 3.79. The quantitative estimate of drug-likeness (QED) is 0.193. The van der Waals surface area contributed by atoms with Crippen LogP contribution in [0.25, 0.3) is 10.2 Å². The van der Waals surface area contributed by atoms with Gasteiger partial charge < -0.3 is 10.6 Å². The highest BCUT2D eigenvalue weighted by molar-refractivity contribution is 8.01. The molecule has 0 aliphatic heterocycles. The largest absolute Gasteiger partial charge is 0.392 e. The van der Waals surface area contributed by atoms with E-state index in [2.05, 4.69) is 66.3 Å². The SMILES string of the molecule is C=C(CCCCCCC(=C)NC1CC(CSc2nc3ccccc3s2)CC(C2=CCCC=C2)C1)NC. The van der Waals surface area contributed by atoms with Crippen molar-refractivity contribution < 1.29 is 0 Å². The Morgan fingerprint density at radius 1 is 1.03 bits per heavy atom. The van der Waals surface area contributed by atoms with Crippen molar-refractivity contribution in [1.29, 1.82) is 0 Å². The molecule has 2 N–H and O–H groups in total. The van der Waals surface area contributed by atoms with Crippen LogP contribution < -0.4 is 10.6 Å². The summed E-state index contributed by atoms with van der Waals surface area (Å²) < 4.78 is 2.50. The molecule has 0 amide bonds. The number of hydrogen-bond donors (Lipinski definition) is 2. The van der Waals surface area contributed by atoms with Crippen molar-refractivity contribution in [1.82, 2.24) is 15.6 Å². The minimum atomic E-state index is 0.521. The van der Waals surface area contributed by atoms with Gasteiger partial charge in [0.25, 0.3) is 0 Å². The molecular formula is C31H43N3S2. The fourth-order valence-electron chi connectivity index (χ4n) is 5.52. The second-order valence-corrected chi connectivity index (χ2v) is 12.7. The molecule has 3 nitrogen and oxygen atoms in total. The fraction of sp³-hybridized carbons (Fsp3) is 0.516. The Morgan fingerprint density at radius 2 is 1.83 bits per heavy atom. The standard InChI is InChI=1S/C31H43N3S2/c1-23(32-3)13-7-4-5-8-14-24(2)33-28-20-25(19-27(21-28)26-15-9-6-10-16-26)22-35-31-34-29-17-11-12-18-30(29)36-31/h9,11-12,15-18,25,27-28,32-33H,1-2,4-8,10,13-14,19-22H2,3H3. The fourth-order valence-corrected chi connectivity index (χ4v) is 7.74. The van der Waals surface area contributed by atoms with Crippen molar-refractivity contribution in [2.45, 2.75) is 81.0 Å². The van der Waals surface area contributed by atoms with Gasteiger partial charge >= 0.3 is 0 Å². The predicted octanol–water partition coefficient (Wildman–Crippen LogP) is 8.63. The second kappa shape index (κ2) is 14.1. The normalized spacial score (nSPS) is 21.8. The van der Waals surface area contributed by atoms with E-state index < -0.39 is 0 Å². The first kappa shape index (κ1) is 27.1. The molecule has 0 radical (unpaired) electrons. The van der Waals surface area contributed by atoms with Crippen molar-refractivity contribution in [2.24, 2.45) is 11.8 Å². The molecule has 4 rings (SSSR count). The van der Waals surface area contributed by atoms with Crippen LogP contribution in [0.5, 0.6) is 0 Å². The number of rotatable bonds is 14. The van der Waals surface area contributed by atoms with Gasteiger partial charge in [0.2, 0.25) is 0 Å². The summed E-state index contributed by atoms with van der Waals surface area (Å²) in [5, 5.41) is 7.01. The average Bonchev–Trinajstić information content (AvgIpc) is 3.33. The third kappa shape index (κ3) is 8.27. The van der Waals surface area contributed by atoms with Crippen LogP contribution >= 0.6 is 23.1 Å². The number of hydrogen-bond acceptors (Lipinski definition) is 5. The zero-order valence-electron chi connectivity index (χ0n) is 21.9. The zero-order chi connectivity index (χ0) is 25.2. The summed E-state index contributed by atoms with van der Waals surface area (Å²) in [4.78, 5) is 4.86. The van der Waals surface area contributed by atoms with E-state index in [1.807, 2.05) is 30.1 Å². The maximum atomic E-state index is 4.86. The summed E-state index contributed by atoms with van der Waals surface area (Å²) in [5.74, 6) is 2.50. The predicted molar refractivity (Wildman–Crippen MR) is 160 cm³/mol. The molecule has 1 aromatic heterocycles. The lowest BCUT2D eigenvalue weighted by Gasteiger charge is -2.37. The number of nitrogens with zero attached hydrogens (tertiary/aromatic N) is 1. The minimum absolute atomic E-state index is 0.521. The third-order valence-electron chi connectivity index (χ3n) is 7.49. The molecule has 3 unspecified atom stereocenters. The van der Waals surface area contributed by atoms with Crippen molar-refractivity contribution >= 4 is 33.3 Å². The number of thiazole rings is 1. The molecule has 0 bridgehead atoms. The van der Waals surface area contributed by atoms with E-state index in [4.69, 9.17) is 4.98 Å². The van der Waals surface area contributed by atoms with Gasteiger partial charge in [-0.05, 0) is 87.3 Å². The van der Waals surface area contributed by atoms with E-state index in [1.165, 1.54) is 72.5 Å². The lowest BCUT2D eigenvalue weighted by Crippen LogP contribution is -2.38. The molecule has 5 heteroatoms. The number of nitrogens with one attached hydrogen (secondary N) is 2. The summed E-state index contributed by atoms with van der Waals surface area (Å²) in [6.45, 7) is 8.43. The summed E-state index contributed by atoms with van der Waals surface area (Å²) in [6.07, 6.45) is 20.5. The molecule has 0 spiro atoms. The van der Waals surface area contributed by atoms with Gasteiger partial charge in [-0.3, -0.25) is 0 Å². The molecule has 1 heterocycles. The lowest BCUT2D eigenvalue weighted by molar-refractivity contribution is 0.263. The van der Waals surface area contributed by atoms with Gasteiger partial charge in [0.1, 0.15) is 0 Å². The van der Waals surface area contributed by atoms with Gasteiger partial charge in [-0.15, -0.1) is 11.3 Å². The van der Waals surface area contributed by atoms with Gasteiger partial charge in [0.15, 0.2) is 4.34 Å². The van der Waals surface area contributed by atoms with Gasteiger partial charge in [-0.1, -0.05) is 68.1 Å². The first-order chi connectivity index (χ1) is 17.6. The molecule has 2 aliphatic rings. The lowest BCUT2D eigenvalue weighted by atomic mass is 9.75. The molecule has 2 aliphatic carbocycles. The Hall–Kier alpha value is -1.98. The molecule has 1 aromatic carbocycles. The van der Waals surface area contributed by atoms with Crippen molar-refractivity contribution in [2.75, 3.05) is 12.8 Å². The van der Waals surface area contributed by atoms with Crippen LogP contribution in [-0.4, -0.2) is 23.8 Å². The van der Waals surface area contributed by atoms with Crippen LogP contribution in [0.2, 0.25) is 0 Å². The van der Waals surface area contributed by atoms with E-state index in [0.29, 0.717) is 17.9 Å². The monoisotopic (exact) mass is 521 g/mol. The Balaban J connectivity index is 1.28. The van der Waals surface area contributed by atoms with Gasteiger partial charge in [0, 0.05) is 30.2 Å². The average molecular weight is 522 g/mol. The van der Waals surface area contributed by atoms with Gasteiger partial charge in [-0.2, -0.15) is 0 Å². The van der Waals surface area contributed by atoms with Crippen LogP contribution in [0.15, 0.2) is 77.0 Å². The van der Waals surface area contributed by atoms with Gasteiger partial charge in [-0.25, -0.2) is 4.98 Å². The van der Waals surface area contributed by atoms with Crippen molar-refractivity contribution in [3.63, 3.8) is 0 Å². The topological polar surface area (TPSA) is 37.0 Å². The highest BCUT2D eigenvalue weighted by Crippen LogP contribution is 2.39. The number of para-hydroxylation sites is 1. The molecule has 194 valence electrons. The highest BCUT2D eigenvalue weighted by Gasteiger charge is 2.31. The maximum Gasteiger partial charge on any atom is 0.151 e. The molecule has 1 saturated carbocycles. The second-order valence-electron chi connectivity index (χ2n) is 10.4. The Morgan fingerprint density at radius 3 is 2.58 bits per heavy atom. The van der Waals surface area contributed by atoms with E-state index >= 15 is 0 Å². The van der Waals surface area contributed by atoms with Crippen LogP contribution in [0.3, 0.4) is 0 Å². The maximum absolute atomic E-state index is 4.86. The Bertz CT molecular complexity index is 1030. The molecular weight excluding hydrogens is 478 g/mol. The number of fused-ring (bicyclic) bond motifs is 1. The Kier molecular flexibility index (Phi) is 10.6. The van der Waals surface area contributed by atoms with E-state index in [0.717, 1.165) is 29.8 Å². The minimum Gasteiger partial charge on any atom is -0.392 e. The molecule has 3 atom stereocenters. The highest BCUT2D eigenvalue weighted by atomic mass is 32.2. The first-order valence-corrected chi connectivity index (χ1v) is 15.6. The number of benzene rings is 1. The molecule has 1 fully saturated rings. The van der Waals surface area contributed by atoms with Crippen LogP contribution in [0.1, 0.15) is 70.6 Å². The first-order valence-electron chi connectivity index (χ1n) is 13.8. The van der Waals surface area contributed by atoms with Crippen LogP contribution in [0, 0.1) is 11.8 Å². The summed E-state index contributed by atoms with van der Waals surface area (Å²) in [6, 6.07) is 9.01. The number of thioether (sulfide) groups is 1. The zero-order valence-corrected chi connectivity index (χ0v) is 23.6. The smallest absolute Gasteiger partial charge is 0.151 e. The van der Waals surface area contributed by atoms with Crippen molar-refractivity contribution in [3.05, 3.63) is 72.6 Å². The number of unbranched alkanes of at least 4 members (excludes halogenated alkanes) is 3. The number of allylic oxidation sites excluding steroid dienone is 6. The third-order valence-corrected chi connectivity index (χ3v) is 9.90. The van der Waals surface area contributed by atoms with E-state index in [9.17, 15) is 0 Å². The van der Waals surface area contributed by atoms with E-state index in [-0.39, 0.29) is 0 Å². The Labute approximate surface area is 226 Å². The molecule has 36 heavy (non-hydrogen) atoms. The molecule has 0 saturated heterocycles. The summed E-state index contributed by atoms with van der Waals surface area (Å²) in [5.41, 5.74) is 5.07. The van der Waals surface area contributed by atoms with Crippen LogP contribution in [-0.2, 0) is 0 Å². The van der Waals surface area contributed by atoms with Crippen molar-refractivity contribution in [3.8, 4) is 0 Å². The van der Waals surface area contributed by atoms with Gasteiger partial charge in [0.05, 0.1) is 10.2 Å². The summed E-state index contributed by atoms with van der Waals surface area (Å²) in [7, 11) is 1.96. The number of aromatic nitrogens is 1.